The Labute approximate surface area is 229 Å². The number of carbonyl (C=O) groups excluding carboxylic acids is 2. The Bertz CT molecular complexity index is 1980. The predicted octanol–water partition coefficient (Wildman–Crippen LogP) is 5.43. The predicted molar refractivity (Wildman–Crippen MR) is 148 cm³/mol. The van der Waals surface area contributed by atoms with Crippen molar-refractivity contribution in [3.63, 3.8) is 0 Å². The Morgan fingerprint density at radius 3 is 2.40 bits per heavy atom. The van der Waals surface area contributed by atoms with Crippen molar-refractivity contribution in [1.82, 2.24) is 3.97 Å². The summed E-state index contributed by atoms with van der Waals surface area (Å²) >= 11 is 0. The summed E-state index contributed by atoms with van der Waals surface area (Å²) < 4.78 is 54.3. The second-order valence-electron chi connectivity index (χ2n) is 9.51. The van der Waals surface area contributed by atoms with E-state index >= 15 is 0 Å². The van der Waals surface area contributed by atoms with E-state index < -0.39 is 27.7 Å². The van der Waals surface area contributed by atoms with Crippen LogP contribution in [-0.4, -0.2) is 38.5 Å². The molecule has 0 unspecified atom stereocenters. The van der Waals surface area contributed by atoms with Crippen LogP contribution in [0.4, 0.5) is 10.1 Å². The van der Waals surface area contributed by atoms with Crippen molar-refractivity contribution >= 4 is 49.4 Å². The van der Waals surface area contributed by atoms with E-state index in [0.29, 0.717) is 22.6 Å². The third-order valence-electron chi connectivity index (χ3n) is 7.14. The first kappa shape index (κ1) is 25.6. The Kier molecular flexibility index (Phi) is 5.88. The smallest absolute Gasteiger partial charge is 0.340 e. The van der Waals surface area contributed by atoms with Crippen LogP contribution in [0.5, 0.6) is 5.75 Å². The number of nitrogens with zero attached hydrogens (tertiary/aromatic N) is 2. The molecule has 0 saturated carbocycles. The Morgan fingerprint density at radius 2 is 1.73 bits per heavy atom. The lowest BCUT2D eigenvalue weighted by Gasteiger charge is -2.16. The summed E-state index contributed by atoms with van der Waals surface area (Å²) in [5.74, 6) is -1.19. The van der Waals surface area contributed by atoms with Crippen LogP contribution in [0.25, 0.3) is 21.8 Å². The molecule has 1 aliphatic rings. The zero-order valence-electron chi connectivity index (χ0n) is 21.8. The highest BCUT2D eigenvalue weighted by atomic mass is 32.2. The van der Waals surface area contributed by atoms with Gasteiger partial charge in [-0.3, -0.25) is 4.79 Å². The molecule has 1 aliphatic heterocycles. The van der Waals surface area contributed by atoms with Crippen LogP contribution in [0.1, 0.15) is 31.8 Å². The molecule has 0 atom stereocenters. The van der Waals surface area contributed by atoms with Gasteiger partial charge in [0.15, 0.2) is 0 Å². The molecule has 0 bridgehead atoms. The molecular weight excluding hydrogens is 535 g/mol. The number of carbonyl (C=O) groups is 2. The number of aromatic nitrogens is 1. The quantitative estimate of drug-likeness (QED) is 0.267. The molecule has 0 aliphatic carbocycles. The number of hydrogen-bond donors (Lipinski definition) is 0. The normalized spacial score (nSPS) is 13.2. The molecule has 0 N–H and O–H groups in total. The van der Waals surface area contributed by atoms with Crippen LogP contribution in [0.3, 0.4) is 0 Å². The molecule has 1 aromatic heterocycles. The first-order valence-corrected chi connectivity index (χ1v) is 13.8. The van der Waals surface area contributed by atoms with E-state index in [-0.39, 0.29) is 44.4 Å². The van der Waals surface area contributed by atoms with Gasteiger partial charge in [-0.15, -0.1) is 0 Å². The minimum Gasteiger partial charge on any atom is -0.497 e. The number of hydrogen-bond acceptors (Lipinski definition) is 6. The maximum atomic E-state index is 14.7. The lowest BCUT2D eigenvalue weighted by molar-refractivity contribution is 0.0602. The number of amides is 1. The van der Waals surface area contributed by atoms with Crippen LogP contribution in [0.15, 0.2) is 77.7 Å². The van der Waals surface area contributed by atoms with E-state index in [1.54, 1.807) is 43.3 Å². The van der Waals surface area contributed by atoms with Crippen molar-refractivity contribution in [3.8, 4) is 5.75 Å². The van der Waals surface area contributed by atoms with Crippen molar-refractivity contribution < 1.29 is 31.9 Å². The average Bonchev–Trinajstić information content (AvgIpc) is 3.46. The van der Waals surface area contributed by atoms with E-state index in [4.69, 9.17) is 9.47 Å². The van der Waals surface area contributed by atoms with Crippen molar-refractivity contribution in [2.45, 2.75) is 18.4 Å². The maximum absolute atomic E-state index is 14.7. The second-order valence-corrected chi connectivity index (χ2v) is 11.3. The van der Waals surface area contributed by atoms with Gasteiger partial charge >= 0.3 is 5.97 Å². The van der Waals surface area contributed by atoms with Gasteiger partial charge in [-0.05, 0) is 78.7 Å². The fourth-order valence-corrected chi connectivity index (χ4v) is 6.97. The zero-order valence-corrected chi connectivity index (χ0v) is 22.6. The highest BCUT2D eigenvalue weighted by Gasteiger charge is 2.37. The Morgan fingerprint density at radius 1 is 0.975 bits per heavy atom. The molecule has 6 rings (SSSR count). The highest BCUT2D eigenvalue weighted by Crippen LogP contribution is 2.42. The molecule has 40 heavy (non-hydrogen) atoms. The van der Waals surface area contributed by atoms with Crippen LogP contribution in [0, 0.1) is 12.7 Å². The number of aryl methyl sites for hydroxylation is 1. The van der Waals surface area contributed by atoms with Gasteiger partial charge in [0.2, 0.25) is 0 Å². The lowest BCUT2D eigenvalue weighted by atomic mass is 9.98. The van der Waals surface area contributed by atoms with E-state index in [1.807, 2.05) is 0 Å². The average molecular weight is 559 g/mol. The largest absolute Gasteiger partial charge is 0.497 e. The molecule has 0 saturated heterocycles. The molecule has 1 amide bonds. The van der Waals surface area contributed by atoms with E-state index in [1.165, 1.54) is 49.5 Å². The number of halogens is 1. The summed E-state index contributed by atoms with van der Waals surface area (Å²) in [6.07, 6.45) is 0. The van der Waals surface area contributed by atoms with Crippen LogP contribution < -0.4 is 9.64 Å². The minimum atomic E-state index is -4.31. The van der Waals surface area contributed by atoms with Crippen molar-refractivity contribution in [1.29, 1.82) is 0 Å². The van der Waals surface area contributed by atoms with Gasteiger partial charge in [-0.2, -0.15) is 0 Å². The minimum absolute atomic E-state index is 0.0156. The van der Waals surface area contributed by atoms with Gasteiger partial charge < -0.3 is 14.4 Å². The van der Waals surface area contributed by atoms with Crippen molar-refractivity contribution in [3.05, 3.63) is 101 Å². The van der Waals surface area contributed by atoms with E-state index in [0.717, 1.165) is 10.0 Å². The lowest BCUT2D eigenvalue weighted by Crippen LogP contribution is -2.22. The third-order valence-corrected chi connectivity index (χ3v) is 8.85. The number of fused-ring (bicyclic) bond motifs is 5. The van der Waals surface area contributed by atoms with Crippen LogP contribution in [-0.2, 0) is 21.3 Å². The number of esters is 1. The van der Waals surface area contributed by atoms with Gasteiger partial charge in [0.1, 0.15) is 11.6 Å². The standard InChI is InChI=1S/C30H23FN2O6S/c1-17-5-4-6-22(13-17)40(36,37)33-25-12-7-19(31)15-23(25)27-26-18(14-24(28(27)33)30(35)39-3)16-32(29(26)34)20-8-10-21(38-2)11-9-20/h4-15H,16H2,1-3H3. The first-order chi connectivity index (χ1) is 19.1. The molecule has 10 heteroatoms. The second kappa shape index (κ2) is 9.20. The molecule has 0 spiro atoms. The maximum Gasteiger partial charge on any atom is 0.340 e. The van der Waals surface area contributed by atoms with Crippen LogP contribution in [0.2, 0.25) is 0 Å². The van der Waals surface area contributed by atoms with E-state index in [2.05, 4.69) is 0 Å². The summed E-state index contributed by atoms with van der Waals surface area (Å²) in [4.78, 5) is 28.6. The number of benzene rings is 4. The summed E-state index contributed by atoms with van der Waals surface area (Å²) in [6.45, 7) is 1.88. The van der Waals surface area contributed by atoms with Crippen molar-refractivity contribution in [2.75, 3.05) is 19.1 Å². The van der Waals surface area contributed by atoms with Gasteiger partial charge in [0, 0.05) is 16.5 Å². The molecular formula is C30H23FN2O6S. The molecule has 8 nitrogen and oxygen atoms in total. The summed E-state index contributed by atoms with van der Waals surface area (Å²) in [7, 11) is -1.58. The molecule has 5 aromatic rings. The summed E-state index contributed by atoms with van der Waals surface area (Å²) in [6, 6.07) is 18.4. The molecule has 4 aromatic carbocycles. The van der Waals surface area contributed by atoms with E-state index in [9.17, 15) is 22.4 Å². The fourth-order valence-electron chi connectivity index (χ4n) is 5.32. The number of rotatable bonds is 5. The highest BCUT2D eigenvalue weighted by molar-refractivity contribution is 7.90. The van der Waals surface area contributed by atoms with Crippen molar-refractivity contribution in [2.24, 2.45) is 0 Å². The Balaban J connectivity index is 1.72. The first-order valence-electron chi connectivity index (χ1n) is 12.3. The molecule has 0 fully saturated rings. The third kappa shape index (κ3) is 3.75. The Hall–Kier alpha value is -4.70. The van der Waals surface area contributed by atoms with Gasteiger partial charge in [0.05, 0.1) is 47.8 Å². The summed E-state index contributed by atoms with van der Waals surface area (Å²) in [5, 5.41) is 0.364. The van der Waals surface area contributed by atoms with Gasteiger partial charge in [0.25, 0.3) is 15.9 Å². The van der Waals surface area contributed by atoms with Crippen LogP contribution >= 0.6 is 0 Å². The summed E-state index contributed by atoms with van der Waals surface area (Å²) in [5.41, 5.74) is 2.03. The molecule has 202 valence electrons. The molecule has 2 heterocycles. The fraction of sp³-hybridized carbons (Fsp3) is 0.133. The van der Waals surface area contributed by atoms with Gasteiger partial charge in [-0.1, -0.05) is 12.1 Å². The molecule has 0 radical (unpaired) electrons. The zero-order chi connectivity index (χ0) is 28.3. The number of methoxy groups -OCH3 is 2. The topological polar surface area (TPSA) is 94.9 Å². The van der Waals surface area contributed by atoms with Gasteiger partial charge in [-0.25, -0.2) is 21.6 Å². The monoisotopic (exact) mass is 558 g/mol. The number of ether oxygens (including phenoxy) is 2. The number of anilines is 1. The SMILES string of the molecule is COC(=O)c1cc2c(c3c4cc(F)ccc4n(S(=O)(=O)c4cccc(C)c4)c13)C(=O)N(c1ccc(OC)cc1)C2.